The Bertz CT molecular complexity index is 602. The molecule has 0 aromatic heterocycles. The molecule has 5 heteroatoms. The van der Waals surface area contributed by atoms with Crippen molar-refractivity contribution in [1.29, 1.82) is 0 Å². The number of amides is 1. The van der Waals surface area contributed by atoms with Gasteiger partial charge in [0, 0.05) is 7.05 Å². The number of hydrogen-bond donors (Lipinski definition) is 0. The third-order valence-electron chi connectivity index (χ3n) is 2.70. The lowest BCUT2D eigenvalue weighted by Crippen LogP contribution is -2.29. The van der Waals surface area contributed by atoms with E-state index in [0.29, 0.717) is 22.3 Å². The minimum atomic E-state index is -0.452. The van der Waals surface area contributed by atoms with Gasteiger partial charge in [-0.2, -0.15) is 0 Å². The van der Waals surface area contributed by atoms with E-state index in [2.05, 4.69) is 0 Å². The third-order valence-corrected chi connectivity index (χ3v) is 3.56. The molecule has 2 aromatic carbocycles. The van der Waals surface area contributed by atoms with Crippen LogP contribution in [0.15, 0.2) is 48.5 Å². The van der Waals surface area contributed by atoms with Crippen LogP contribution in [0.5, 0.6) is 5.75 Å². The molecule has 2 aromatic rings. The fourth-order valence-electron chi connectivity index (χ4n) is 1.66. The maximum atomic E-state index is 11.9. The highest BCUT2D eigenvalue weighted by atomic mass is 35.5. The number of benzene rings is 2. The van der Waals surface area contributed by atoms with Crippen LogP contribution in [0, 0.1) is 0 Å². The first-order chi connectivity index (χ1) is 9.58. The predicted molar refractivity (Wildman–Crippen MR) is 80.4 cm³/mol. The third kappa shape index (κ3) is 3.65. The molecule has 0 atom stereocenters. The summed E-state index contributed by atoms with van der Waals surface area (Å²) in [5, 5.41) is 0.919. The molecule has 104 valence electrons. The number of hydrogen-bond acceptors (Lipinski definition) is 2. The molecule has 0 heterocycles. The zero-order valence-electron chi connectivity index (χ0n) is 10.8. The standard InChI is InChI=1S/C15H13Cl2NO2/c1-18(10-11-6-5-9-13(16)14(11)17)15(19)20-12-7-3-2-4-8-12/h2-9H,10H2,1H3. The van der Waals surface area contributed by atoms with Crippen LogP contribution in [0.2, 0.25) is 10.0 Å². The fourth-order valence-corrected chi connectivity index (χ4v) is 2.04. The lowest BCUT2D eigenvalue weighted by atomic mass is 10.2. The zero-order valence-corrected chi connectivity index (χ0v) is 12.4. The summed E-state index contributed by atoms with van der Waals surface area (Å²) in [7, 11) is 1.64. The van der Waals surface area contributed by atoms with Crippen molar-refractivity contribution in [3.63, 3.8) is 0 Å². The van der Waals surface area contributed by atoms with Gasteiger partial charge in [-0.3, -0.25) is 0 Å². The summed E-state index contributed by atoms with van der Waals surface area (Å²) >= 11 is 12.0. The van der Waals surface area contributed by atoms with E-state index in [1.165, 1.54) is 4.90 Å². The number of ether oxygens (including phenoxy) is 1. The van der Waals surface area contributed by atoms with Gasteiger partial charge < -0.3 is 9.64 Å². The van der Waals surface area contributed by atoms with Gasteiger partial charge in [-0.05, 0) is 23.8 Å². The first-order valence-corrected chi connectivity index (χ1v) is 6.74. The second-order valence-corrected chi connectivity index (χ2v) is 5.04. The number of nitrogens with zero attached hydrogens (tertiary/aromatic N) is 1. The molecule has 0 aliphatic carbocycles. The van der Waals surface area contributed by atoms with E-state index in [9.17, 15) is 4.79 Å². The highest BCUT2D eigenvalue weighted by Crippen LogP contribution is 2.26. The molecule has 1 amide bonds. The van der Waals surface area contributed by atoms with E-state index in [-0.39, 0.29) is 0 Å². The SMILES string of the molecule is CN(Cc1cccc(Cl)c1Cl)C(=O)Oc1ccccc1. The molecule has 2 rings (SSSR count). The molecule has 3 nitrogen and oxygen atoms in total. The molecule has 0 fully saturated rings. The summed E-state index contributed by atoms with van der Waals surface area (Å²) in [4.78, 5) is 13.4. The minimum absolute atomic E-state index is 0.324. The van der Waals surface area contributed by atoms with Crippen molar-refractivity contribution in [3.05, 3.63) is 64.1 Å². The molecular formula is C15H13Cl2NO2. The topological polar surface area (TPSA) is 29.5 Å². The van der Waals surface area contributed by atoms with Crippen LogP contribution in [-0.4, -0.2) is 18.0 Å². The Morgan fingerprint density at radius 2 is 1.80 bits per heavy atom. The lowest BCUT2D eigenvalue weighted by molar-refractivity contribution is 0.161. The van der Waals surface area contributed by atoms with Crippen molar-refractivity contribution in [3.8, 4) is 5.75 Å². The normalized spacial score (nSPS) is 10.2. The lowest BCUT2D eigenvalue weighted by Gasteiger charge is -2.17. The van der Waals surface area contributed by atoms with Crippen LogP contribution in [0.3, 0.4) is 0 Å². The van der Waals surface area contributed by atoms with Gasteiger partial charge >= 0.3 is 6.09 Å². The zero-order chi connectivity index (χ0) is 14.5. The maximum absolute atomic E-state index is 11.9. The maximum Gasteiger partial charge on any atom is 0.415 e. The van der Waals surface area contributed by atoms with Gasteiger partial charge in [0.15, 0.2) is 0 Å². The number of para-hydroxylation sites is 1. The molecule has 0 saturated carbocycles. The van der Waals surface area contributed by atoms with E-state index >= 15 is 0 Å². The smallest absolute Gasteiger partial charge is 0.410 e. The van der Waals surface area contributed by atoms with Gasteiger partial charge in [-0.1, -0.05) is 53.5 Å². The molecule has 0 radical (unpaired) electrons. The summed E-state index contributed by atoms with van der Waals surface area (Å²) < 4.78 is 5.23. The second-order valence-electron chi connectivity index (χ2n) is 4.25. The van der Waals surface area contributed by atoms with Crippen molar-refractivity contribution in [1.82, 2.24) is 4.90 Å². The van der Waals surface area contributed by atoms with E-state index in [1.54, 1.807) is 43.4 Å². The van der Waals surface area contributed by atoms with Crippen molar-refractivity contribution in [2.24, 2.45) is 0 Å². The fraction of sp³-hybridized carbons (Fsp3) is 0.133. The largest absolute Gasteiger partial charge is 0.415 e. The van der Waals surface area contributed by atoms with Gasteiger partial charge in [0.2, 0.25) is 0 Å². The molecule has 0 aliphatic heterocycles. The van der Waals surface area contributed by atoms with Crippen LogP contribution in [0.25, 0.3) is 0 Å². The number of rotatable bonds is 3. The molecule has 0 spiro atoms. The Kier molecular flexibility index (Phi) is 4.88. The highest BCUT2D eigenvalue weighted by Gasteiger charge is 2.14. The number of halogens is 2. The quantitative estimate of drug-likeness (QED) is 0.827. The second kappa shape index (κ2) is 6.64. The summed E-state index contributed by atoms with van der Waals surface area (Å²) in [5.74, 6) is 0.501. The van der Waals surface area contributed by atoms with E-state index in [1.807, 2.05) is 12.1 Å². The van der Waals surface area contributed by atoms with Gasteiger partial charge in [-0.25, -0.2) is 4.79 Å². The molecule has 0 N–H and O–H groups in total. The van der Waals surface area contributed by atoms with Crippen LogP contribution in [0.4, 0.5) is 4.79 Å². The molecule has 20 heavy (non-hydrogen) atoms. The average Bonchev–Trinajstić information content (AvgIpc) is 2.45. The van der Waals surface area contributed by atoms with Crippen molar-refractivity contribution >= 4 is 29.3 Å². The van der Waals surface area contributed by atoms with E-state index in [0.717, 1.165) is 5.56 Å². The summed E-state index contributed by atoms with van der Waals surface area (Å²) in [5.41, 5.74) is 0.770. The minimum Gasteiger partial charge on any atom is -0.410 e. The summed E-state index contributed by atoms with van der Waals surface area (Å²) in [6.45, 7) is 0.324. The monoisotopic (exact) mass is 309 g/mol. The van der Waals surface area contributed by atoms with Crippen LogP contribution in [-0.2, 0) is 6.54 Å². The first-order valence-electron chi connectivity index (χ1n) is 5.99. The van der Waals surface area contributed by atoms with Gasteiger partial charge in [0.05, 0.1) is 16.6 Å². The van der Waals surface area contributed by atoms with Gasteiger partial charge in [0.1, 0.15) is 5.75 Å². The van der Waals surface area contributed by atoms with E-state index in [4.69, 9.17) is 27.9 Å². The van der Waals surface area contributed by atoms with Crippen molar-refractivity contribution in [2.75, 3.05) is 7.05 Å². The van der Waals surface area contributed by atoms with Crippen LogP contribution >= 0.6 is 23.2 Å². The Balaban J connectivity index is 2.03. The Morgan fingerprint density at radius 1 is 1.10 bits per heavy atom. The molecular weight excluding hydrogens is 297 g/mol. The van der Waals surface area contributed by atoms with Crippen LogP contribution < -0.4 is 4.74 Å². The van der Waals surface area contributed by atoms with E-state index < -0.39 is 6.09 Å². The predicted octanol–water partition coefficient (Wildman–Crippen LogP) is 4.62. The van der Waals surface area contributed by atoms with Crippen molar-refractivity contribution in [2.45, 2.75) is 6.54 Å². The number of carbonyl (C=O) groups is 1. The first kappa shape index (κ1) is 14.7. The van der Waals surface area contributed by atoms with Gasteiger partial charge in [-0.15, -0.1) is 0 Å². The Morgan fingerprint density at radius 3 is 2.50 bits per heavy atom. The summed E-state index contributed by atoms with van der Waals surface area (Å²) in [6.07, 6.45) is -0.452. The van der Waals surface area contributed by atoms with Crippen molar-refractivity contribution < 1.29 is 9.53 Å². The van der Waals surface area contributed by atoms with Gasteiger partial charge in [0.25, 0.3) is 0 Å². The molecule has 0 saturated heterocycles. The molecule has 0 unspecified atom stereocenters. The highest BCUT2D eigenvalue weighted by molar-refractivity contribution is 6.42. The van der Waals surface area contributed by atoms with Crippen LogP contribution in [0.1, 0.15) is 5.56 Å². The Hall–Kier alpha value is -1.71. The molecule has 0 aliphatic rings. The number of carbonyl (C=O) groups excluding carboxylic acids is 1. The Labute approximate surface area is 127 Å². The average molecular weight is 310 g/mol. The summed E-state index contributed by atoms with van der Waals surface area (Å²) in [6, 6.07) is 14.2. The molecule has 0 bridgehead atoms.